The van der Waals surface area contributed by atoms with Crippen molar-refractivity contribution in [3.8, 4) is 21.9 Å². The number of nitrogens with one attached hydrogen (secondary N) is 1. The predicted molar refractivity (Wildman–Crippen MR) is 107 cm³/mol. The van der Waals surface area contributed by atoms with Crippen LogP contribution in [0.1, 0.15) is 16.1 Å². The molecule has 0 bridgehead atoms. The zero-order chi connectivity index (χ0) is 18.4. The van der Waals surface area contributed by atoms with Gasteiger partial charge in [-0.05, 0) is 43.1 Å². The van der Waals surface area contributed by atoms with Gasteiger partial charge in [-0.1, -0.05) is 35.9 Å². The van der Waals surface area contributed by atoms with Gasteiger partial charge in [0.2, 0.25) is 0 Å². The SMILES string of the molecule is COc1ccc(CCNCc2ncc(-c3cccc(C)c3)s2)cc1OC. The van der Waals surface area contributed by atoms with Gasteiger partial charge < -0.3 is 14.8 Å². The number of rotatable bonds is 8. The molecule has 0 spiro atoms. The van der Waals surface area contributed by atoms with Crippen molar-refractivity contribution in [1.29, 1.82) is 0 Å². The lowest BCUT2D eigenvalue weighted by atomic mass is 10.1. The van der Waals surface area contributed by atoms with E-state index in [0.29, 0.717) is 0 Å². The van der Waals surface area contributed by atoms with E-state index in [2.05, 4.69) is 47.6 Å². The van der Waals surface area contributed by atoms with Crippen LogP contribution in [0.5, 0.6) is 11.5 Å². The molecular weight excluding hydrogens is 344 g/mol. The van der Waals surface area contributed by atoms with Crippen LogP contribution in [-0.4, -0.2) is 25.7 Å². The number of methoxy groups -OCH3 is 2. The minimum absolute atomic E-state index is 0.760. The maximum absolute atomic E-state index is 5.35. The molecule has 0 radical (unpaired) electrons. The van der Waals surface area contributed by atoms with Gasteiger partial charge in [0, 0.05) is 12.7 Å². The lowest BCUT2D eigenvalue weighted by molar-refractivity contribution is 0.354. The number of aromatic nitrogens is 1. The fourth-order valence-electron chi connectivity index (χ4n) is 2.79. The van der Waals surface area contributed by atoms with Gasteiger partial charge in [0.15, 0.2) is 11.5 Å². The third kappa shape index (κ3) is 4.62. The Balaban J connectivity index is 1.51. The van der Waals surface area contributed by atoms with Crippen molar-refractivity contribution >= 4 is 11.3 Å². The molecule has 0 saturated carbocycles. The number of aryl methyl sites for hydroxylation is 1. The van der Waals surface area contributed by atoms with Gasteiger partial charge in [-0.15, -0.1) is 11.3 Å². The van der Waals surface area contributed by atoms with Crippen molar-refractivity contribution in [2.24, 2.45) is 0 Å². The minimum Gasteiger partial charge on any atom is -0.493 e. The summed E-state index contributed by atoms with van der Waals surface area (Å²) in [5.74, 6) is 1.53. The lowest BCUT2D eigenvalue weighted by Crippen LogP contribution is -2.16. The topological polar surface area (TPSA) is 43.4 Å². The summed E-state index contributed by atoms with van der Waals surface area (Å²) in [6.45, 7) is 3.78. The Morgan fingerprint density at radius 3 is 2.65 bits per heavy atom. The van der Waals surface area contributed by atoms with E-state index in [1.54, 1.807) is 25.6 Å². The van der Waals surface area contributed by atoms with Crippen LogP contribution >= 0.6 is 11.3 Å². The molecule has 0 unspecified atom stereocenters. The van der Waals surface area contributed by atoms with Gasteiger partial charge in [-0.2, -0.15) is 0 Å². The van der Waals surface area contributed by atoms with Crippen LogP contribution < -0.4 is 14.8 Å². The molecule has 2 aromatic carbocycles. The number of nitrogens with zero attached hydrogens (tertiary/aromatic N) is 1. The quantitative estimate of drug-likeness (QED) is 0.596. The molecule has 0 saturated heterocycles. The highest BCUT2D eigenvalue weighted by atomic mass is 32.1. The molecule has 136 valence electrons. The van der Waals surface area contributed by atoms with Crippen LogP contribution in [0, 0.1) is 6.92 Å². The molecule has 0 atom stereocenters. The maximum Gasteiger partial charge on any atom is 0.160 e. The normalized spacial score (nSPS) is 10.7. The fraction of sp³-hybridized carbons (Fsp3) is 0.286. The molecule has 0 amide bonds. The predicted octanol–water partition coefficient (Wildman–Crippen LogP) is 4.47. The Hall–Kier alpha value is -2.37. The van der Waals surface area contributed by atoms with Crippen LogP contribution in [0.4, 0.5) is 0 Å². The molecule has 1 N–H and O–H groups in total. The summed E-state index contributed by atoms with van der Waals surface area (Å²) in [4.78, 5) is 5.75. The number of thiazole rings is 1. The van der Waals surface area contributed by atoms with Crippen LogP contribution in [0.15, 0.2) is 48.7 Å². The van der Waals surface area contributed by atoms with Gasteiger partial charge in [-0.3, -0.25) is 0 Å². The Bertz CT molecular complexity index is 861. The van der Waals surface area contributed by atoms with E-state index >= 15 is 0 Å². The van der Waals surface area contributed by atoms with Gasteiger partial charge >= 0.3 is 0 Å². The van der Waals surface area contributed by atoms with Crippen molar-refractivity contribution in [3.63, 3.8) is 0 Å². The average molecular weight is 369 g/mol. The van der Waals surface area contributed by atoms with Crippen molar-refractivity contribution in [3.05, 3.63) is 64.8 Å². The highest BCUT2D eigenvalue weighted by Crippen LogP contribution is 2.28. The largest absolute Gasteiger partial charge is 0.493 e. The first-order valence-corrected chi connectivity index (χ1v) is 9.44. The molecule has 4 nitrogen and oxygen atoms in total. The summed E-state index contributed by atoms with van der Waals surface area (Å²) in [6, 6.07) is 14.6. The second-order valence-electron chi connectivity index (χ2n) is 6.10. The number of ether oxygens (including phenoxy) is 2. The smallest absolute Gasteiger partial charge is 0.160 e. The number of hydrogen-bond acceptors (Lipinski definition) is 5. The average Bonchev–Trinajstić information content (AvgIpc) is 3.14. The van der Waals surface area contributed by atoms with Crippen molar-refractivity contribution in [2.45, 2.75) is 19.9 Å². The molecule has 26 heavy (non-hydrogen) atoms. The summed E-state index contributed by atoms with van der Waals surface area (Å²) >= 11 is 1.74. The van der Waals surface area contributed by atoms with Gasteiger partial charge in [0.1, 0.15) is 5.01 Å². The Morgan fingerprint density at radius 2 is 1.88 bits per heavy atom. The molecule has 0 aliphatic carbocycles. The molecular formula is C21H24N2O2S. The third-order valence-corrected chi connectivity index (χ3v) is 5.22. The molecule has 5 heteroatoms. The van der Waals surface area contributed by atoms with Crippen molar-refractivity contribution in [2.75, 3.05) is 20.8 Å². The second kappa shape index (κ2) is 8.83. The van der Waals surface area contributed by atoms with Gasteiger partial charge in [0.25, 0.3) is 0 Å². The number of benzene rings is 2. The highest BCUT2D eigenvalue weighted by molar-refractivity contribution is 7.15. The van der Waals surface area contributed by atoms with E-state index in [9.17, 15) is 0 Å². The number of hydrogen-bond donors (Lipinski definition) is 1. The first-order valence-electron chi connectivity index (χ1n) is 8.63. The van der Waals surface area contributed by atoms with Crippen LogP contribution in [-0.2, 0) is 13.0 Å². The van der Waals surface area contributed by atoms with E-state index in [1.807, 2.05) is 18.3 Å². The van der Waals surface area contributed by atoms with Gasteiger partial charge in [-0.25, -0.2) is 4.98 Å². The first kappa shape index (κ1) is 18.4. The van der Waals surface area contributed by atoms with E-state index in [4.69, 9.17) is 9.47 Å². The molecule has 0 aliphatic rings. The van der Waals surface area contributed by atoms with Crippen LogP contribution in [0.25, 0.3) is 10.4 Å². The Kier molecular flexibility index (Phi) is 6.26. The standard InChI is InChI=1S/C21H24N2O2S/c1-15-5-4-6-17(11-15)20-13-23-21(26-20)14-22-10-9-16-7-8-18(24-2)19(12-16)25-3/h4-8,11-13,22H,9-10,14H2,1-3H3. The lowest BCUT2D eigenvalue weighted by Gasteiger charge is -2.09. The van der Waals surface area contributed by atoms with E-state index in [1.165, 1.54) is 21.6 Å². The molecule has 3 rings (SSSR count). The maximum atomic E-state index is 5.35. The first-order chi connectivity index (χ1) is 12.7. The molecule has 3 aromatic rings. The minimum atomic E-state index is 0.760. The molecule has 1 heterocycles. The monoisotopic (exact) mass is 368 g/mol. The highest BCUT2D eigenvalue weighted by Gasteiger charge is 2.06. The zero-order valence-corrected chi connectivity index (χ0v) is 16.2. The molecule has 1 aromatic heterocycles. The van der Waals surface area contributed by atoms with Crippen LogP contribution in [0.2, 0.25) is 0 Å². The summed E-state index contributed by atoms with van der Waals surface area (Å²) < 4.78 is 10.6. The van der Waals surface area contributed by atoms with E-state index in [-0.39, 0.29) is 0 Å². The molecule has 0 aliphatic heterocycles. The van der Waals surface area contributed by atoms with Gasteiger partial charge in [0.05, 0.1) is 19.1 Å². The van der Waals surface area contributed by atoms with Crippen molar-refractivity contribution < 1.29 is 9.47 Å². The Labute approximate surface area is 158 Å². The second-order valence-corrected chi connectivity index (χ2v) is 7.22. The summed E-state index contributed by atoms with van der Waals surface area (Å²) in [5, 5.41) is 4.57. The summed E-state index contributed by atoms with van der Waals surface area (Å²) in [6.07, 6.45) is 2.89. The Morgan fingerprint density at radius 1 is 1.04 bits per heavy atom. The van der Waals surface area contributed by atoms with E-state index < -0.39 is 0 Å². The fourth-order valence-corrected chi connectivity index (χ4v) is 3.67. The van der Waals surface area contributed by atoms with Crippen molar-refractivity contribution in [1.82, 2.24) is 10.3 Å². The summed E-state index contributed by atoms with van der Waals surface area (Å²) in [7, 11) is 3.31. The summed E-state index contributed by atoms with van der Waals surface area (Å²) in [5.41, 5.74) is 3.72. The molecule has 0 fully saturated rings. The zero-order valence-electron chi connectivity index (χ0n) is 15.4. The van der Waals surface area contributed by atoms with E-state index in [0.717, 1.165) is 36.0 Å². The third-order valence-electron chi connectivity index (χ3n) is 4.17. The van der Waals surface area contributed by atoms with Crippen LogP contribution in [0.3, 0.4) is 0 Å².